The monoisotopic (exact) mass is 331 g/mol. The number of amides is 1. The van der Waals surface area contributed by atoms with Crippen LogP contribution in [-0.2, 0) is 11.3 Å². The summed E-state index contributed by atoms with van der Waals surface area (Å²) in [5, 5.41) is 2.91. The van der Waals surface area contributed by atoms with Crippen molar-refractivity contribution in [1.29, 1.82) is 0 Å². The first kappa shape index (κ1) is 16.6. The van der Waals surface area contributed by atoms with Gasteiger partial charge in [-0.25, -0.2) is 0 Å². The fourth-order valence-corrected chi connectivity index (χ4v) is 2.67. The fraction of sp³-hybridized carbons (Fsp3) is 0.0952. The highest BCUT2D eigenvalue weighted by atomic mass is 16.2. The summed E-state index contributed by atoms with van der Waals surface area (Å²) in [7, 11) is 0. The maximum Gasteiger partial charge on any atom is 0.243 e. The number of hydrogen-bond donors (Lipinski definition) is 2. The molecule has 0 bridgehead atoms. The zero-order chi connectivity index (χ0) is 17.5. The molecule has 0 aromatic heterocycles. The molecule has 0 heterocycles. The number of carbonyl (C=O) groups excluding carboxylic acids is 1. The van der Waals surface area contributed by atoms with E-state index in [1.54, 1.807) is 12.1 Å². The molecule has 0 atom stereocenters. The van der Waals surface area contributed by atoms with Gasteiger partial charge in [0.1, 0.15) is 0 Å². The van der Waals surface area contributed by atoms with Crippen LogP contribution in [0.2, 0.25) is 0 Å². The lowest BCUT2D eigenvalue weighted by Gasteiger charge is -2.24. The molecule has 0 aliphatic rings. The number of benzene rings is 3. The molecule has 0 aliphatic heterocycles. The van der Waals surface area contributed by atoms with Crippen molar-refractivity contribution >= 4 is 23.0 Å². The molecule has 3 rings (SSSR count). The summed E-state index contributed by atoms with van der Waals surface area (Å²) in [6, 6.07) is 27.3. The Morgan fingerprint density at radius 1 is 0.880 bits per heavy atom. The van der Waals surface area contributed by atoms with Gasteiger partial charge in [-0.2, -0.15) is 0 Å². The minimum atomic E-state index is -0.0783. The largest absolute Gasteiger partial charge is 0.399 e. The molecule has 0 spiro atoms. The highest BCUT2D eigenvalue weighted by Gasteiger charge is 2.12. The molecule has 126 valence electrons. The van der Waals surface area contributed by atoms with Gasteiger partial charge in [0.05, 0.1) is 6.54 Å². The van der Waals surface area contributed by atoms with Crippen LogP contribution in [0.3, 0.4) is 0 Å². The first-order chi connectivity index (χ1) is 12.2. The molecule has 0 fully saturated rings. The number of para-hydroxylation sites is 1. The van der Waals surface area contributed by atoms with Crippen LogP contribution in [0.5, 0.6) is 0 Å². The minimum absolute atomic E-state index is 0.0783. The second-order valence-corrected chi connectivity index (χ2v) is 5.85. The van der Waals surface area contributed by atoms with Gasteiger partial charge in [-0.05, 0) is 35.9 Å². The topological polar surface area (TPSA) is 58.4 Å². The van der Waals surface area contributed by atoms with Crippen LogP contribution < -0.4 is 16.0 Å². The van der Waals surface area contributed by atoms with Gasteiger partial charge < -0.3 is 16.0 Å². The predicted octanol–water partition coefficient (Wildman–Crippen LogP) is 3.91. The normalized spacial score (nSPS) is 10.2. The average Bonchev–Trinajstić information content (AvgIpc) is 2.63. The standard InChI is InChI=1S/C21H21N3O/c22-18-10-7-11-19(14-18)23-21(25)16-24(20-12-5-2-6-13-20)15-17-8-3-1-4-9-17/h1-14H,15-16,22H2,(H,23,25). The number of rotatable bonds is 6. The number of hydrogen-bond acceptors (Lipinski definition) is 3. The van der Waals surface area contributed by atoms with Crippen LogP contribution >= 0.6 is 0 Å². The van der Waals surface area contributed by atoms with Crippen LogP contribution in [0.4, 0.5) is 17.1 Å². The van der Waals surface area contributed by atoms with Gasteiger partial charge in [0, 0.05) is 23.6 Å². The molecule has 4 nitrogen and oxygen atoms in total. The lowest BCUT2D eigenvalue weighted by atomic mass is 10.2. The van der Waals surface area contributed by atoms with Crippen molar-refractivity contribution < 1.29 is 4.79 Å². The van der Waals surface area contributed by atoms with Gasteiger partial charge >= 0.3 is 0 Å². The Morgan fingerprint density at radius 3 is 2.24 bits per heavy atom. The van der Waals surface area contributed by atoms with Crippen molar-refractivity contribution in [2.24, 2.45) is 0 Å². The number of nitrogens with two attached hydrogens (primary N) is 1. The van der Waals surface area contributed by atoms with E-state index in [0.717, 1.165) is 11.3 Å². The minimum Gasteiger partial charge on any atom is -0.399 e. The number of anilines is 3. The van der Waals surface area contributed by atoms with E-state index in [1.165, 1.54) is 0 Å². The lowest BCUT2D eigenvalue weighted by molar-refractivity contribution is -0.115. The molecule has 0 radical (unpaired) electrons. The first-order valence-electron chi connectivity index (χ1n) is 8.20. The maximum absolute atomic E-state index is 12.5. The third kappa shape index (κ3) is 4.85. The predicted molar refractivity (Wildman–Crippen MR) is 103 cm³/mol. The SMILES string of the molecule is Nc1cccc(NC(=O)CN(Cc2ccccc2)c2ccccc2)c1. The smallest absolute Gasteiger partial charge is 0.243 e. The maximum atomic E-state index is 12.5. The third-order valence-electron chi connectivity index (χ3n) is 3.84. The number of nitrogens with one attached hydrogen (secondary N) is 1. The Labute approximate surface area is 147 Å². The van der Waals surface area contributed by atoms with Crippen LogP contribution in [0, 0.1) is 0 Å². The van der Waals surface area contributed by atoms with Gasteiger partial charge in [0.2, 0.25) is 5.91 Å². The Morgan fingerprint density at radius 2 is 1.56 bits per heavy atom. The number of nitrogens with zero attached hydrogens (tertiary/aromatic N) is 1. The van der Waals surface area contributed by atoms with Crippen LogP contribution in [0.25, 0.3) is 0 Å². The zero-order valence-corrected chi connectivity index (χ0v) is 13.9. The quantitative estimate of drug-likeness (QED) is 0.673. The van der Waals surface area contributed by atoms with E-state index in [2.05, 4.69) is 22.3 Å². The Kier molecular flexibility index (Phi) is 5.32. The Hall–Kier alpha value is -3.27. The van der Waals surface area contributed by atoms with Crippen molar-refractivity contribution in [2.75, 3.05) is 22.5 Å². The summed E-state index contributed by atoms with van der Waals surface area (Å²) >= 11 is 0. The molecule has 1 amide bonds. The van der Waals surface area contributed by atoms with E-state index < -0.39 is 0 Å². The number of carbonyl (C=O) groups is 1. The second kappa shape index (κ2) is 8.02. The fourth-order valence-electron chi connectivity index (χ4n) is 2.67. The molecule has 3 aromatic rings. The molecule has 4 heteroatoms. The van der Waals surface area contributed by atoms with E-state index in [-0.39, 0.29) is 12.5 Å². The van der Waals surface area contributed by atoms with Gasteiger partial charge in [-0.3, -0.25) is 4.79 Å². The average molecular weight is 331 g/mol. The van der Waals surface area contributed by atoms with Crippen molar-refractivity contribution in [3.63, 3.8) is 0 Å². The molecular weight excluding hydrogens is 310 g/mol. The summed E-state index contributed by atoms with van der Waals surface area (Å²) in [5.41, 5.74) is 9.26. The van der Waals surface area contributed by atoms with Crippen LogP contribution in [0.1, 0.15) is 5.56 Å². The van der Waals surface area contributed by atoms with E-state index in [9.17, 15) is 4.79 Å². The molecule has 0 saturated heterocycles. The molecule has 3 aromatic carbocycles. The summed E-state index contributed by atoms with van der Waals surface area (Å²) in [4.78, 5) is 14.6. The van der Waals surface area contributed by atoms with E-state index >= 15 is 0 Å². The molecule has 0 saturated carbocycles. The Balaban J connectivity index is 1.74. The second-order valence-electron chi connectivity index (χ2n) is 5.85. The molecule has 25 heavy (non-hydrogen) atoms. The molecule has 0 aliphatic carbocycles. The highest BCUT2D eigenvalue weighted by molar-refractivity contribution is 5.94. The highest BCUT2D eigenvalue weighted by Crippen LogP contribution is 2.17. The number of nitrogen functional groups attached to an aromatic ring is 1. The van der Waals surface area contributed by atoms with E-state index in [1.807, 2.05) is 60.7 Å². The Bertz CT molecular complexity index is 819. The van der Waals surface area contributed by atoms with Gasteiger partial charge in [-0.1, -0.05) is 54.6 Å². The summed E-state index contributed by atoms with van der Waals surface area (Å²) in [6.07, 6.45) is 0. The summed E-state index contributed by atoms with van der Waals surface area (Å²) in [5.74, 6) is -0.0783. The van der Waals surface area contributed by atoms with Crippen molar-refractivity contribution in [3.8, 4) is 0 Å². The van der Waals surface area contributed by atoms with Crippen LogP contribution in [-0.4, -0.2) is 12.5 Å². The van der Waals surface area contributed by atoms with Crippen molar-refractivity contribution in [1.82, 2.24) is 0 Å². The van der Waals surface area contributed by atoms with Crippen molar-refractivity contribution in [3.05, 3.63) is 90.5 Å². The first-order valence-corrected chi connectivity index (χ1v) is 8.20. The summed E-state index contributed by atoms with van der Waals surface area (Å²) in [6.45, 7) is 0.920. The van der Waals surface area contributed by atoms with Crippen molar-refractivity contribution in [2.45, 2.75) is 6.54 Å². The lowest BCUT2D eigenvalue weighted by Crippen LogP contribution is -2.32. The molecular formula is C21H21N3O. The van der Waals surface area contributed by atoms with Gasteiger partial charge in [-0.15, -0.1) is 0 Å². The van der Waals surface area contributed by atoms with Gasteiger partial charge in [0.25, 0.3) is 0 Å². The van der Waals surface area contributed by atoms with E-state index in [0.29, 0.717) is 17.9 Å². The van der Waals surface area contributed by atoms with Crippen LogP contribution in [0.15, 0.2) is 84.9 Å². The third-order valence-corrected chi connectivity index (χ3v) is 3.84. The van der Waals surface area contributed by atoms with Gasteiger partial charge in [0.15, 0.2) is 0 Å². The van der Waals surface area contributed by atoms with E-state index in [4.69, 9.17) is 5.73 Å². The zero-order valence-electron chi connectivity index (χ0n) is 13.9. The molecule has 3 N–H and O–H groups in total. The molecule has 0 unspecified atom stereocenters. The summed E-state index contributed by atoms with van der Waals surface area (Å²) < 4.78 is 0.